The Balaban J connectivity index is 3.42. The molecular weight excluding hydrogens is 176 g/mol. The molecule has 0 bridgehead atoms. The smallest absolute Gasteiger partial charge is 0.0564 e. The zero-order valence-corrected chi connectivity index (χ0v) is 9.87. The molecule has 0 aromatic carbocycles. The number of aliphatic hydroxyl groups is 2. The van der Waals surface area contributed by atoms with Crippen LogP contribution >= 0.6 is 0 Å². The van der Waals surface area contributed by atoms with Crippen molar-refractivity contribution in [1.29, 1.82) is 0 Å². The van der Waals surface area contributed by atoms with E-state index in [4.69, 9.17) is 5.11 Å². The second-order valence-corrected chi connectivity index (χ2v) is 4.35. The topological polar surface area (TPSA) is 40.5 Å². The zero-order chi connectivity index (χ0) is 11.0. The first-order valence-electron chi connectivity index (χ1n) is 5.96. The van der Waals surface area contributed by atoms with E-state index in [9.17, 15) is 5.11 Å². The molecule has 0 aromatic rings. The van der Waals surface area contributed by atoms with Crippen molar-refractivity contribution in [3.63, 3.8) is 0 Å². The Morgan fingerprint density at radius 3 is 2.00 bits per heavy atom. The summed E-state index contributed by atoms with van der Waals surface area (Å²) in [4.78, 5) is 0. The van der Waals surface area contributed by atoms with E-state index >= 15 is 0 Å². The van der Waals surface area contributed by atoms with Gasteiger partial charge in [-0.1, -0.05) is 39.5 Å². The third-order valence-corrected chi connectivity index (χ3v) is 2.92. The fraction of sp³-hybridized carbons (Fsp3) is 1.00. The highest BCUT2D eigenvalue weighted by molar-refractivity contribution is 4.62. The van der Waals surface area contributed by atoms with Crippen LogP contribution in [0.5, 0.6) is 0 Å². The van der Waals surface area contributed by atoms with Crippen LogP contribution in [0.3, 0.4) is 0 Å². The quantitative estimate of drug-likeness (QED) is 0.635. The molecule has 0 aliphatic carbocycles. The molecule has 0 saturated carbocycles. The molecule has 0 fully saturated rings. The fourth-order valence-electron chi connectivity index (χ4n) is 1.85. The molecule has 0 aromatic heterocycles. The van der Waals surface area contributed by atoms with E-state index in [0.717, 1.165) is 18.8 Å². The molecule has 0 radical (unpaired) electrons. The number of aliphatic hydroxyl groups excluding tert-OH is 2. The summed E-state index contributed by atoms with van der Waals surface area (Å²) >= 11 is 0. The van der Waals surface area contributed by atoms with Crippen LogP contribution in [0.15, 0.2) is 0 Å². The van der Waals surface area contributed by atoms with E-state index in [1.165, 1.54) is 19.3 Å². The minimum Gasteiger partial charge on any atom is -0.393 e. The minimum atomic E-state index is -0.377. The first kappa shape index (κ1) is 13.9. The molecule has 2 atom stereocenters. The second kappa shape index (κ2) is 8.25. The number of rotatable bonds is 8. The third-order valence-electron chi connectivity index (χ3n) is 2.92. The summed E-state index contributed by atoms with van der Waals surface area (Å²) in [6.45, 7) is 6.17. The van der Waals surface area contributed by atoms with Crippen LogP contribution in [0.2, 0.25) is 0 Å². The van der Waals surface area contributed by atoms with Gasteiger partial charge in [0.05, 0.1) is 12.2 Å². The Bertz CT molecular complexity index is 119. The van der Waals surface area contributed by atoms with Crippen molar-refractivity contribution < 1.29 is 10.2 Å². The highest BCUT2D eigenvalue weighted by Crippen LogP contribution is 2.17. The van der Waals surface area contributed by atoms with Crippen molar-refractivity contribution >= 4 is 0 Å². The van der Waals surface area contributed by atoms with Gasteiger partial charge >= 0.3 is 0 Å². The van der Waals surface area contributed by atoms with Crippen molar-refractivity contribution in [2.24, 2.45) is 5.92 Å². The predicted octanol–water partition coefficient (Wildman–Crippen LogP) is 2.72. The second-order valence-electron chi connectivity index (χ2n) is 4.35. The molecule has 86 valence electrons. The summed E-state index contributed by atoms with van der Waals surface area (Å²) in [5.74, 6) is 0.814. The Kier molecular flexibility index (Phi) is 8.20. The average Bonchev–Trinajstić information content (AvgIpc) is 2.11. The first-order valence-corrected chi connectivity index (χ1v) is 5.96. The molecule has 0 spiro atoms. The van der Waals surface area contributed by atoms with Crippen LogP contribution < -0.4 is 0 Å². The van der Waals surface area contributed by atoms with Gasteiger partial charge in [-0.2, -0.15) is 0 Å². The van der Waals surface area contributed by atoms with Gasteiger partial charge in [-0.05, 0) is 25.7 Å². The van der Waals surface area contributed by atoms with E-state index < -0.39 is 0 Å². The fourth-order valence-corrected chi connectivity index (χ4v) is 1.85. The average molecular weight is 202 g/mol. The molecule has 0 aliphatic rings. The van der Waals surface area contributed by atoms with Gasteiger partial charge < -0.3 is 10.2 Å². The molecular formula is C12H26O2. The van der Waals surface area contributed by atoms with E-state index in [0.29, 0.717) is 6.42 Å². The summed E-state index contributed by atoms with van der Waals surface area (Å²) in [7, 11) is 0. The molecule has 2 nitrogen and oxygen atoms in total. The molecule has 0 rings (SSSR count). The zero-order valence-electron chi connectivity index (χ0n) is 9.87. The molecule has 0 aliphatic heterocycles. The molecule has 14 heavy (non-hydrogen) atoms. The highest BCUT2D eigenvalue weighted by atomic mass is 16.3. The van der Waals surface area contributed by atoms with Gasteiger partial charge in [-0.3, -0.25) is 0 Å². The van der Waals surface area contributed by atoms with Crippen LogP contribution in [0.4, 0.5) is 0 Å². The standard InChI is InChI=1S/C12H26O2/c1-4-11(5-2)7-6-8-12(14)9-10(3)13/h10-14H,4-9H2,1-3H3. The van der Waals surface area contributed by atoms with Gasteiger partial charge in [0.1, 0.15) is 0 Å². The van der Waals surface area contributed by atoms with E-state index in [-0.39, 0.29) is 12.2 Å². The van der Waals surface area contributed by atoms with Crippen LogP contribution in [-0.4, -0.2) is 22.4 Å². The van der Waals surface area contributed by atoms with Gasteiger partial charge in [-0.15, -0.1) is 0 Å². The Morgan fingerprint density at radius 1 is 1.00 bits per heavy atom. The maximum Gasteiger partial charge on any atom is 0.0564 e. The van der Waals surface area contributed by atoms with Crippen molar-refractivity contribution in [2.75, 3.05) is 0 Å². The van der Waals surface area contributed by atoms with E-state index in [2.05, 4.69) is 13.8 Å². The lowest BCUT2D eigenvalue weighted by molar-refractivity contribution is 0.0825. The van der Waals surface area contributed by atoms with Gasteiger partial charge in [-0.25, -0.2) is 0 Å². The Labute approximate surface area is 88.3 Å². The maximum absolute atomic E-state index is 9.52. The van der Waals surface area contributed by atoms with Gasteiger partial charge in [0, 0.05) is 0 Å². The predicted molar refractivity (Wildman–Crippen MR) is 60.2 cm³/mol. The lowest BCUT2D eigenvalue weighted by Gasteiger charge is -2.15. The highest BCUT2D eigenvalue weighted by Gasteiger charge is 2.09. The number of hydrogen-bond donors (Lipinski definition) is 2. The molecule has 0 saturated heterocycles. The SMILES string of the molecule is CCC(CC)CCCC(O)CC(C)O. The van der Waals surface area contributed by atoms with Crippen molar-refractivity contribution in [3.8, 4) is 0 Å². The van der Waals surface area contributed by atoms with Crippen LogP contribution in [-0.2, 0) is 0 Å². The van der Waals surface area contributed by atoms with Gasteiger partial charge in [0.25, 0.3) is 0 Å². The molecule has 2 unspecified atom stereocenters. The normalized spacial score (nSPS) is 15.9. The number of hydrogen-bond acceptors (Lipinski definition) is 2. The molecule has 0 amide bonds. The molecule has 2 heteroatoms. The summed E-state index contributed by atoms with van der Waals surface area (Å²) in [5, 5.41) is 18.6. The van der Waals surface area contributed by atoms with Gasteiger partial charge in [0.2, 0.25) is 0 Å². The summed E-state index contributed by atoms with van der Waals surface area (Å²) in [6.07, 6.45) is 5.43. The molecule has 0 heterocycles. The van der Waals surface area contributed by atoms with Crippen molar-refractivity contribution in [1.82, 2.24) is 0 Å². The monoisotopic (exact) mass is 202 g/mol. The lowest BCUT2D eigenvalue weighted by atomic mass is 9.95. The minimum absolute atomic E-state index is 0.315. The van der Waals surface area contributed by atoms with E-state index in [1.54, 1.807) is 6.92 Å². The summed E-state index contributed by atoms with van der Waals surface area (Å²) in [5.41, 5.74) is 0. The third kappa shape index (κ3) is 7.34. The Hall–Kier alpha value is -0.0800. The van der Waals surface area contributed by atoms with Crippen molar-refractivity contribution in [3.05, 3.63) is 0 Å². The largest absolute Gasteiger partial charge is 0.393 e. The lowest BCUT2D eigenvalue weighted by Crippen LogP contribution is -2.15. The maximum atomic E-state index is 9.52. The van der Waals surface area contributed by atoms with Gasteiger partial charge in [0.15, 0.2) is 0 Å². The summed E-state index contributed by atoms with van der Waals surface area (Å²) < 4.78 is 0. The van der Waals surface area contributed by atoms with Crippen LogP contribution in [0.25, 0.3) is 0 Å². The van der Waals surface area contributed by atoms with Crippen LogP contribution in [0.1, 0.15) is 59.3 Å². The first-order chi connectivity index (χ1) is 6.60. The van der Waals surface area contributed by atoms with Crippen molar-refractivity contribution in [2.45, 2.75) is 71.5 Å². The Morgan fingerprint density at radius 2 is 1.57 bits per heavy atom. The van der Waals surface area contributed by atoms with Crippen LogP contribution in [0, 0.1) is 5.92 Å². The summed E-state index contributed by atoms with van der Waals surface area (Å²) in [6, 6.07) is 0. The molecule has 2 N–H and O–H groups in total. The van der Waals surface area contributed by atoms with E-state index in [1.807, 2.05) is 0 Å².